The predicted molar refractivity (Wildman–Crippen MR) is 67.5 cm³/mol. The fourth-order valence-corrected chi connectivity index (χ4v) is 2.24. The van der Waals surface area contributed by atoms with Gasteiger partial charge in [0, 0.05) is 51.2 Å². The van der Waals surface area contributed by atoms with Gasteiger partial charge in [0.05, 0.1) is 0 Å². The van der Waals surface area contributed by atoms with E-state index < -0.39 is 0 Å². The molecule has 1 N–H and O–H groups in total. The zero-order valence-electron chi connectivity index (χ0n) is 10.3. The van der Waals surface area contributed by atoms with E-state index in [2.05, 4.69) is 40.0 Å². The van der Waals surface area contributed by atoms with Crippen LogP contribution in [0.5, 0.6) is 0 Å². The van der Waals surface area contributed by atoms with Crippen LogP contribution in [0.2, 0.25) is 0 Å². The first-order chi connectivity index (χ1) is 7.90. The summed E-state index contributed by atoms with van der Waals surface area (Å²) in [6, 6.07) is 4.44. The lowest BCUT2D eigenvalue weighted by molar-refractivity contribution is 0.227. The number of rotatable bonds is 5. The van der Waals surface area contributed by atoms with Crippen LogP contribution in [-0.2, 0) is 13.1 Å². The van der Waals surface area contributed by atoms with Crippen molar-refractivity contribution in [2.75, 3.05) is 26.2 Å². The SMILES string of the molecule is CCCCn1cccc1CN1CCNCC1. The number of piperazine rings is 1. The molecule has 0 unspecified atom stereocenters. The number of nitrogens with one attached hydrogen (secondary N) is 1. The normalized spacial score (nSPS) is 17.8. The van der Waals surface area contributed by atoms with E-state index >= 15 is 0 Å². The van der Waals surface area contributed by atoms with Gasteiger partial charge in [0.15, 0.2) is 0 Å². The van der Waals surface area contributed by atoms with Crippen molar-refractivity contribution in [3.05, 3.63) is 24.0 Å². The number of unbranched alkanes of at least 4 members (excludes halogenated alkanes) is 1. The molecule has 0 atom stereocenters. The monoisotopic (exact) mass is 221 g/mol. The van der Waals surface area contributed by atoms with E-state index in [1.165, 1.54) is 38.2 Å². The summed E-state index contributed by atoms with van der Waals surface area (Å²) in [6.07, 6.45) is 4.77. The summed E-state index contributed by atoms with van der Waals surface area (Å²) in [6.45, 7) is 9.16. The van der Waals surface area contributed by atoms with Crippen molar-refractivity contribution in [3.8, 4) is 0 Å². The van der Waals surface area contributed by atoms with Gasteiger partial charge >= 0.3 is 0 Å². The molecule has 0 spiro atoms. The minimum atomic E-state index is 1.11. The maximum atomic E-state index is 3.39. The molecular weight excluding hydrogens is 198 g/mol. The van der Waals surface area contributed by atoms with Crippen LogP contribution < -0.4 is 5.32 Å². The second kappa shape index (κ2) is 6.06. The first-order valence-corrected chi connectivity index (χ1v) is 6.47. The van der Waals surface area contributed by atoms with Crippen molar-refractivity contribution >= 4 is 0 Å². The van der Waals surface area contributed by atoms with Crippen LogP contribution in [0.15, 0.2) is 18.3 Å². The van der Waals surface area contributed by atoms with Crippen LogP contribution in [0, 0.1) is 0 Å². The molecule has 0 aromatic carbocycles. The number of nitrogens with zero attached hydrogens (tertiary/aromatic N) is 2. The number of hydrogen-bond donors (Lipinski definition) is 1. The highest BCUT2D eigenvalue weighted by Crippen LogP contribution is 2.08. The summed E-state index contributed by atoms with van der Waals surface area (Å²) in [7, 11) is 0. The van der Waals surface area contributed by atoms with Crippen molar-refractivity contribution in [2.45, 2.75) is 32.9 Å². The molecule has 1 fully saturated rings. The highest BCUT2D eigenvalue weighted by molar-refractivity contribution is 5.07. The fraction of sp³-hybridized carbons (Fsp3) is 0.692. The topological polar surface area (TPSA) is 20.2 Å². The van der Waals surface area contributed by atoms with Crippen molar-refractivity contribution in [3.63, 3.8) is 0 Å². The molecule has 1 aliphatic rings. The third-order valence-electron chi connectivity index (χ3n) is 3.27. The first-order valence-electron chi connectivity index (χ1n) is 6.47. The molecular formula is C13H23N3. The summed E-state index contributed by atoms with van der Waals surface area (Å²) in [5.74, 6) is 0. The molecule has 0 amide bonds. The van der Waals surface area contributed by atoms with Gasteiger partial charge < -0.3 is 9.88 Å². The molecule has 3 heteroatoms. The van der Waals surface area contributed by atoms with E-state index in [1.54, 1.807) is 0 Å². The Morgan fingerprint density at radius 3 is 2.88 bits per heavy atom. The maximum absolute atomic E-state index is 3.39. The van der Waals surface area contributed by atoms with Crippen LogP contribution in [-0.4, -0.2) is 35.6 Å². The van der Waals surface area contributed by atoms with E-state index in [9.17, 15) is 0 Å². The molecule has 1 aromatic heterocycles. The molecule has 0 aliphatic carbocycles. The molecule has 0 saturated carbocycles. The van der Waals surface area contributed by atoms with Crippen molar-refractivity contribution in [1.82, 2.24) is 14.8 Å². The molecule has 3 nitrogen and oxygen atoms in total. The zero-order chi connectivity index (χ0) is 11.2. The lowest BCUT2D eigenvalue weighted by Crippen LogP contribution is -2.43. The molecule has 1 aliphatic heterocycles. The van der Waals surface area contributed by atoms with Crippen LogP contribution in [0.4, 0.5) is 0 Å². The average Bonchev–Trinajstić information content (AvgIpc) is 2.75. The van der Waals surface area contributed by atoms with Gasteiger partial charge in [-0.1, -0.05) is 13.3 Å². The molecule has 1 saturated heterocycles. The third-order valence-corrected chi connectivity index (χ3v) is 3.27. The lowest BCUT2D eigenvalue weighted by atomic mass is 10.3. The maximum Gasteiger partial charge on any atom is 0.0388 e. The van der Waals surface area contributed by atoms with Gasteiger partial charge in [0.1, 0.15) is 0 Å². The Kier molecular flexibility index (Phi) is 4.43. The zero-order valence-corrected chi connectivity index (χ0v) is 10.3. The largest absolute Gasteiger partial charge is 0.350 e. The number of aromatic nitrogens is 1. The molecule has 2 heterocycles. The summed E-state index contributed by atoms with van der Waals surface area (Å²) in [5.41, 5.74) is 1.47. The van der Waals surface area contributed by atoms with Gasteiger partial charge in [-0.3, -0.25) is 4.90 Å². The second-order valence-electron chi connectivity index (χ2n) is 4.57. The highest BCUT2D eigenvalue weighted by Gasteiger charge is 2.11. The Labute approximate surface area is 98.4 Å². The van der Waals surface area contributed by atoms with Crippen molar-refractivity contribution < 1.29 is 0 Å². The summed E-state index contributed by atoms with van der Waals surface area (Å²) >= 11 is 0. The summed E-state index contributed by atoms with van der Waals surface area (Å²) in [5, 5.41) is 3.39. The van der Waals surface area contributed by atoms with Crippen molar-refractivity contribution in [2.24, 2.45) is 0 Å². The standard InChI is InChI=1S/C13H23N3/c1-2-3-8-16-9-4-5-13(16)12-15-10-6-14-7-11-15/h4-5,9,14H,2-3,6-8,10-12H2,1H3. The minimum Gasteiger partial charge on any atom is -0.350 e. The van der Waals surface area contributed by atoms with Gasteiger partial charge in [-0.25, -0.2) is 0 Å². The van der Waals surface area contributed by atoms with Crippen LogP contribution >= 0.6 is 0 Å². The highest BCUT2D eigenvalue weighted by atomic mass is 15.2. The van der Waals surface area contributed by atoms with E-state index in [1.807, 2.05) is 0 Å². The predicted octanol–water partition coefficient (Wildman–Crippen LogP) is 1.69. The van der Waals surface area contributed by atoms with E-state index in [0.717, 1.165) is 19.6 Å². The van der Waals surface area contributed by atoms with E-state index in [4.69, 9.17) is 0 Å². The third kappa shape index (κ3) is 3.09. The minimum absolute atomic E-state index is 1.11. The van der Waals surface area contributed by atoms with Crippen LogP contribution in [0.25, 0.3) is 0 Å². The Hall–Kier alpha value is -0.800. The Bertz CT molecular complexity index is 300. The van der Waals surface area contributed by atoms with Crippen molar-refractivity contribution in [1.29, 1.82) is 0 Å². The van der Waals surface area contributed by atoms with Crippen LogP contribution in [0.1, 0.15) is 25.5 Å². The second-order valence-corrected chi connectivity index (χ2v) is 4.57. The molecule has 0 radical (unpaired) electrons. The van der Waals surface area contributed by atoms with Gasteiger partial charge in [0.25, 0.3) is 0 Å². The molecule has 2 rings (SSSR count). The number of hydrogen-bond acceptors (Lipinski definition) is 2. The van der Waals surface area contributed by atoms with Crippen LogP contribution in [0.3, 0.4) is 0 Å². The quantitative estimate of drug-likeness (QED) is 0.816. The average molecular weight is 221 g/mol. The lowest BCUT2D eigenvalue weighted by Gasteiger charge is -2.27. The fourth-order valence-electron chi connectivity index (χ4n) is 2.24. The molecule has 0 bridgehead atoms. The Balaban J connectivity index is 1.89. The van der Waals surface area contributed by atoms with Gasteiger partial charge in [-0.2, -0.15) is 0 Å². The number of aryl methyl sites for hydroxylation is 1. The molecule has 90 valence electrons. The van der Waals surface area contributed by atoms with Gasteiger partial charge in [-0.15, -0.1) is 0 Å². The smallest absolute Gasteiger partial charge is 0.0388 e. The molecule has 1 aromatic rings. The van der Waals surface area contributed by atoms with Gasteiger partial charge in [-0.05, 0) is 18.6 Å². The van der Waals surface area contributed by atoms with E-state index in [0.29, 0.717) is 0 Å². The molecule has 16 heavy (non-hydrogen) atoms. The summed E-state index contributed by atoms with van der Waals surface area (Å²) < 4.78 is 2.41. The summed E-state index contributed by atoms with van der Waals surface area (Å²) in [4.78, 5) is 2.54. The Morgan fingerprint density at radius 2 is 2.12 bits per heavy atom. The van der Waals surface area contributed by atoms with E-state index in [-0.39, 0.29) is 0 Å². The Morgan fingerprint density at radius 1 is 1.31 bits per heavy atom. The first kappa shape index (κ1) is 11.7. The van der Waals surface area contributed by atoms with Gasteiger partial charge in [0.2, 0.25) is 0 Å².